The van der Waals surface area contributed by atoms with Crippen LogP contribution in [0.5, 0.6) is 11.5 Å². The minimum Gasteiger partial charge on any atom is -0.508 e. The Morgan fingerprint density at radius 3 is 2.12 bits per heavy atom. The van der Waals surface area contributed by atoms with Crippen molar-refractivity contribution in [1.29, 1.82) is 0 Å². The van der Waals surface area contributed by atoms with Crippen molar-refractivity contribution in [3.05, 3.63) is 85.1 Å². The van der Waals surface area contributed by atoms with Crippen molar-refractivity contribution in [2.75, 3.05) is 7.11 Å². The van der Waals surface area contributed by atoms with Crippen LogP contribution in [0.2, 0.25) is 0 Å². The Balaban J connectivity index is 0.000000203. The number of phenolic OH excluding ortho intramolecular Hbond substituents is 1. The predicted molar refractivity (Wildman–Crippen MR) is 95.7 cm³/mol. The average Bonchev–Trinajstić information content (AvgIpc) is 3.07. The van der Waals surface area contributed by atoms with Crippen LogP contribution in [0.25, 0.3) is 16.6 Å². The molecule has 24 heavy (non-hydrogen) atoms. The van der Waals surface area contributed by atoms with E-state index in [4.69, 9.17) is 9.84 Å². The third kappa shape index (κ3) is 3.55. The second-order valence-electron chi connectivity index (χ2n) is 5.15. The van der Waals surface area contributed by atoms with E-state index in [1.165, 1.54) is 0 Å². The van der Waals surface area contributed by atoms with Crippen molar-refractivity contribution in [1.82, 2.24) is 9.78 Å². The van der Waals surface area contributed by atoms with E-state index in [1.54, 1.807) is 31.4 Å². The Kier molecular flexibility index (Phi) is 4.77. The summed E-state index contributed by atoms with van der Waals surface area (Å²) < 4.78 is 7.07. The summed E-state index contributed by atoms with van der Waals surface area (Å²) in [5.41, 5.74) is 2.14. The molecule has 0 atom stereocenters. The SMILES string of the molecule is COc1ccc(-n2ncc3ccccc32)cc1.Oc1ccccc1. The van der Waals surface area contributed by atoms with Crippen LogP contribution in [0.15, 0.2) is 85.1 Å². The van der Waals surface area contributed by atoms with E-state index >= 15 is 0 Å². The number of aromatic nitrogens is 2. The Labute approximate surface area is 140 Å². The van der Waals surface area contributed by atoms with Crippen molar-refractivity contribution in [3.63, 3.8) is 0 Å². The lowest BCUT2D eigenvalue weighted by molar-refractivity contribution is 0.414. The van der Waals surface area contributed by atoms with Crippen molar-refractivity contribution in [2.45, 2.75) is 0 Å². The summed E-state index contributed by atoms with van der Waals surface area (Å²) in [5, 5.41) is 14.2. The lowest BCUT2D eigenvalue weighted by Gasteiger charge is -2.04. The molecule has 0 unspecified atom stereocenters. The number of fused-ring (bicyclic) bond motifs is 1. The van der Waals surface area contributed by atoms with Crippen molar-refractivity contribution < 1.29 is 9.84 Å². The summed E-state index contributed by atoms with van der Waals surface area (Å²) in [7, 11) is 1.66. The third-order valence-corrected chi connectivity index (χ3v) is 3.55. The summed E-state index contributed by atoms with van der Waals surface area (Å²) >= 11 is 0. The number of nitrogens with zero attached hydrogens (tertiary/aromatic N) is 2. The van der Waals surface area contributed by atoms with Crippen LogP contribution in [-0.2, 0) is 0 Å². The fourth-order valence-corrected chi connectivity index (χ4v) is 2.33. The molecule has 0 bridgehead atoms. The fourth-order valence-electron chi connectivity index (χ4n) is 2.33. The Hall–Kier alpha value is -3.27. The zero-order valence-electron chi connectivity index (χ0n) is 13.3. The number of phenols is 1. The van der Waals surface area contributed by atoms with Gasteiger partial charge in [-0.25, -0.2) is 4.68 Å². The minimum absolute atomic E-state index is 0.322. The predicted octanol–water partition coefficient (Wildman–Crippen LogP) is 4.43. The van der Waals surface area contributed by atoms with Crippen LogP contribution in [-0.4, -0.2) is 22.0 Å². The van der Waals surface area contributed by atoms with Gasteiger partial charge in [0.25, 0.3) is 0 Å². The highest BCUT2D eigenvalue weighted by Gasteiger charge is 2.03. The van der Waals surface area contributed by atoms with Crippen LogP contribution in [0, 0.1) is 0 Å². The number of ether oxygens (including phenoxy) is 1. The maximum Gasteiger partial charge on any atom is 0.119 e. The topological polar surface area (TPSA) is 47.3 Å². The lowest BCUT2D eigenvalue weighted by atomic mass is 10.2. The normalized spacial score (nSPS) is 10.0. The summed E-state index contributed by atoms with van der Waals surface area (Å²) in [4.78, 5) is 0. The van der Waals surface area contributed by atoms with Crippen LogP contribution >= 0.6 is 0 Å². The van der Waals surface area contributed by atoms with Gasteiger partial charge in [-0.1, -0.05) is 36.4 Å². The molecule has 0 radical (unpaired) electrons. The van der Waals surface area contributed by atoms with Crippen molar-refractivity contribution in [3.8, 4) is 17.2 Å². The smallest absolute Gasteiger partial charge is 0.119 e. The van der Waals surface area contributed by atoms with Gasteiger partial charge < -0.3 is 9.84 Å². The zero-order chi connectivity index (χ0) is 16.8. The molecule has 0 aliphatic rings. The first-order valence-electron chi connectivity index (χ1n) is 7.59. The molecule has 4 nitrogen and oxygen atoms in total. The maximum absolute atomic E-state index is 8.63. The first-order chi connectivity index (χ1) is 11.8. The number of hydrogen-bond acceptors (Lipinski definition) is 3. The number of benzene rings is 3. The lowest BCUT2D eigenvalue weighted by Crippen LogP contribution is -1.95. The highest BCUT2D eigenvalue weighted by Crippen LogP contribution is 2.19. The maximum atomic E-state index is 8.63. The largest absolute Gasteiger partial charge is 0.508 e. The van der Waals surface area contributed by atoms with Gasteiger partial charge in [-0.05, 0) is 42.5 Å². The quantitative estimate of drug-likeness (QED) is 0.595. The number of rotatable bonds is 2. The average molecular weight is 318 g/mol. The van der Waals surface area contributed by atoms with Gasteiger partial charge in [0.05, 0.1) is 24.5 Å². The van der Waals surface area contributed by atoms with Gasteiger partial charge in [-0.15, -0.1) is 0 Å². The molecule has 4 aromatic rings. The van der Waals surface area contributed by atoms with E-state index in [0.29, 0.717) is 5.75 Å². The fraction of sp³-hybridized carbons (Fsp3) is 0.0500. The monoisotopic (exact) mass is 318 g/mol. The van der Waals surface area contributed by atoms with Gasteiger partial charge in [-0.2, -0.15) is 5.10 Å². The number of para-hydroxylation sites is 2. The number of hydrogen-bond donors (Lipinski definition) is 1. The second-order valence-corrected chi connectivity index (χ2v) is 5.15. The minimum atomic E-state index is 0.322. The van der Waals surface area contributed by atoms with E-state index in [9.17, 15) is 0 Å². The van der Waals surface area contributed by atoms with Gasteiger partial charge in [0.15, 0.2) is 0 Å². The van der Waals surface area contributed by atoms with Crippen LogP contribution in [0.4, 0.5) is 0 Å². The molecular weight excluding hydrogens is 300 g/mol. The van der Waals surface area contributed by atoms with Gasteiger partial charge in [-0.3, -0.25) is 0 Å². The molecule has 1 N–H and O–H groups in total. The molecule has 0 spiro atoms. The molecule has 0 saturated heterocycles. The van der Waals surface area contributed by atoms with Crippen molar-refractivity contribution >= 4 is 10.9 Å². The molecule has 0 aliphatic carbocycles. The van der Waals surface area contributed by atoms with Gasteiger partial charge in [0.1, 0.15) is 11.5 Å². The summed E-state index contributed by atoms with van der Waals surface area (Å²) in [6.07, 6.45) is 1.87. The number of methoxy groups -OCH3 is 1. The van der Waals surface area contributed by atoms with Crippen LogP contribution < -0.4 is 4.74 Å². The molecule has 0 fully saturated rings. The molecule has 3 aromatic carbocycles. The van der Waals surface area contributed by atoms with E-state index in [0.717, 1.165) is 22.3 Å². The Morgan fingerprint density at radius 2 is 1.50 bits per heavy atom. The molecule has 0 saturated carbocycles. The molecule has 0 aliphatic heterocycles. The summed E-state index contributed by atoms with van der Waals surface area (Å²) in [5.74, 6) is 1.17. The molecule has 4 rings (SSSR count). The summed E-state index contributed by atoms with van der Waals surface area (Å²) in [6.45, 7) is 0. The Bertz CT molecular complexity index is 900. The second kappa shape index (κ2) is 7.33. The molecule has 0 amide bonds. The third-order valence-electron chi connectivity index (χ3n) is 3.55. The van der Waals surface area contributed by atoms with Crippen molar-refractivity contribution in [2.24, 2.45) is 0 Å². The van der Waals surface area contributed by atoms with E-state index in [2.05, 4.69) is 17.2 Å². The summed E-state index contributed by atoms with van der Waals surface area (Å²) in [6, 6.07) is 24.7. The highest BCUT2D eigenvalue weighted by molar-refractivity contribution is 5.80. The standard InChI is InChI=1S/C14H12N2O.C6H6O/c1-17-13-8-6-12(7-9-13)16-14-5-3-2-4-11(14)10-15-16;7-6-4-2-1-3-5-6/h2-10H,1H3;1-5,7H. The van der Waals surface area contributed by atoms with E-state index in [1.807, 2.05) is 53.3 Å². The first-order valence-corrected chi connectivity index (χ1v) is 7.59. The van der Waals surface area contributed by atoms with E-state index < -0.39 is 0 Å². The van der Waals surface area contributed by atoms with Crippen LogP contribution in [0.3, 0.4) is 0 Å². The molecule has 1 aromatic heterocycles. The highest BCUT2D eigenvalue weighted by atomic mass is 16.5. The van der Waals surface area contributed by atoms with Crippen LogP contribution in [0.1, 0.15) is 0 Å². The van der Waals surface area contributed by atoms with E-state index in [-0.39, 0.29) is 0 Å². The molecule has 120 valence electrons. The van der Waals surface area contributed by atoms with Gasteiger partial charge >= 0.3 is 0 Å². The van der Waals surface area contributed by atoms with Gasteiger partial charge in [0, 0.05) is 5.39 Å². The van der Waals surface area contributed by atoms with Gasteiger partial charge in [0.2, 0.25) is 0 Å². The molecule has 4 heteroatoms. The number of aromatic hydroxyl groups is 1. The molecule has 1 heterocycles. The zero-order valence-corrected chi connectivity index (χ0v) is 13.3. The first kappa shape index (κ1) is 15.6. The Morgan fingerprint density at radius 1 is 0.833 bits per heavy atom. The molecular formula is C20H18N2O2.